The van der Waals surface area contributed by atoms with Crippen LogP contribution in [-0.2, 0) is 24.1 Å². The van der Waals surface area contributed by atoms with Crippen LogP contribution >= 0.6 is 0 Å². The molecule has 6 rings (SSSR count). The Morgan fingerprint density at radius 2 is 1.67 bits per heavy atom. The molecule has 234 valence electrons. The molecule has 0 spiro atoms. The van der Waals surface area contributed by atoms with Crippen molar-refractivity contribution >= 4 is 17.7 Å². The summed E-state index contributed by atoms with van der Waals surface area (Å²) >= 11 is 0. The van der Waals surface area contributed by atoms with Crippen LogP contribution in [0.15, 0.2) is 36.8 Å². The number of hydrogen-bond acceptors (Lipinski definition) is 11. The summed E-state index contributed by atoms with van der Waals surface area (Å²) in [6.07, 6.45) is -5.66. The zero-order valence-electron chi connectivity index (χ0n) is 23.0. The molecule has 0 radical (unpaired) electrons. The number of alkyl halides is 6. The first-order valence-electron chi connectivity index (χ1n) is 13.4. The van der Waals surface area contributed by atoms with Gasteiger partial charge in [-0.3, -0.25) is 4.98 Å². The number of pyridine rings is 1. The van der Waals surface area contributed by atoms with Gasteiger partial charge in [-0.25, -0.2) is 14.8 Å². The fraction of sp³-hybridized carbons (Fsp3) is 0.346. The summed E-state index contributed by atoms with van der Waals surface area (Å²) in [5.74, 6) is -3.17. The minimum Gasteiger partial charge on any atom is -0.352 e. The van der Waals surface area contributed by atoms with Crippen molar-refractivity contribution in [2.24, 2.45) is 0 Å². The Morgan fingerprint density at radius 1 is 0.933 bits per heavy atom. The Kier molecular flexibility index (Phi) is 7.52. The van der Waals surface area contributed by atoms with E-state index in [-0.39, 0.29) is 54.0 Å². The van der Waals surface area contributed by atoms with Crippen LogP contribution in [0.5, 0.6) is 0 Å². The number of aromatic nitrogens is 7. The molecule has 4 aromatic heterocycles. The molecule has 6 heterocycles. The van der Waals surface area contributed by atoms with Crippen molar-refractivity contribution < 1.29 is 36.0 Å². The molecule has 45 heavy (non-hydrogen) atoms. The summed E-state index contributed by atoms with van der Waals surface area (Å²) in [7, 11) is 0. The smallest absolute Gasteiger partial charge is 0.352 e. The van der Waals surface area contributed by atoms with Gasteiger partial charge in [-0.15, -0.1) is 10.2 Å². The van der Waals surface area contributed by atoms with Crippen LogP contribution in [0.1, 0.15) is 17.2 Å². The highest BCUT2D eigenvalue weighted by atomic mass is 19.4. The Bertz CT molecular complexity index is 1770. The molecule has 1 N–H and O–H groups in total. The molecule has 1 saturated heterocycles. The molecule has 13 nitrogen and oxygen atoms in total. The average molecular weight is 634 g/mol. The maximum Gasteiger partial charge on any atom is 0.493 e. The van der Waals surface area contributed by atoms with Crippen molar-refractivity contribution in [1.29, 1.82) is 5.26 Å². The molecule has 0 aliphatic carbocycles. The highest BCUT2D eigenvalue weighted by Gasteiger charge is 2.43. The average Bonchev–Trinajstić information content (AvgIpc) is 3.62. The predicted molar refractivity (Wildman–Crippen MR) is 142 cm³/mol. The first-order chi connectivity index (χ1) is 21.4. The van der Waals surface area contributed by atoms with Crippen LogP contribution in [0.3, 0.4) is 0 Å². The van der Waals surface area contributed by atoms with Gasteiger partial charge in [0.1, 0.15) is 6.07 Å². The second-order valence-electron chi connectivity index (χ2n) is 10.00. The van der Waals surface area contributed by atoms with Crippen molar-refractivity contribution in [2.75, 3.05) is 42.5 Å². The maximum absolute atomic E-state index is 13.2. The lowest BCUT2D eigenvalue weighted by Crippen LogP contribution is -2.45. The first kappa shape index (κ1) is 29.8. The van der Waals surface area contributed by atoms with Gasteiger partial charge in [0.2, 0.25) is 11.8 Å². The molecule has 0 bridgehead atoms. The topological polar surface area (TPSA) is 143 Å². The molecule has 0 amide bonds. The number of halogens is 6. The third kappa shape index (κ3) is 5.83. The maximum atomic E-state index is 13.2. The van der Waals surface area contributed by atoms with Crippen LogP contribution in [0.4, 0.5) is 38.1 Å². The molecule has 1 fully saturated rings. The van der Waals surface area contributed by atoms with Gasteiger partial charge in [-0.05, 0) is 18.2 Å². The van der Waals surface area contributed by atoms with Crippen LogP contribution < -0.4 is 20.0 Å². The molecule has 2 aliphatic heterocycles. The molecule has 0 saturated carbocycles. The number of nitriles is 1. The van der Waals surface area contributed by atoms with Gasteiger partial charge in [-0.2, -0.15) is 36.3 Å². The summed E-state index contributed by atoms with van der Waals surface area (Å²) < 4.78 is 81.0. The molecule has 19 heteroatoms. The molecular formula is C26H21F6N11O2. The van der Waals surface area contributed by atoms with Gasteiger partial charge in [0.15, 0.2) is 11.6 Å². The summed E-state index contributed by atoms with van der Waals surface area (Å²) in [6, 6.07) is 6.30. The highest BCUT2D eigenvalue weighted by Crippen LogP contribution is 2.34. The Balaban J connectivity index is 1.30. The third-order valence-corrected chi connectivity index (χ3v) is 7.16. The lowest BCUT2D eigenvalue weighted by Gasteiger charge is -2.30. The van der Waals surface area contributed by atoms with Crippen LogP contribution in [0, 0.1) is 11.3 Å². The molecule has 0 unspecified atom stereocenters. The number of anilines is 2. The third-order valence-electron chi connectivity index (χ3n) is 7.16. The molecule has 4 aromatic rings. The predicted octanol–water partition coefficient (Wildman–Crippen LogP) is 2.44. The van der Waals surface area contributed by atoms with E-state index in [1.54, 1.807) is 9.80 Å². The SMILES string of the molecule is N#Cc1cc(-c2ccnc(-c3cnc(N4CCn5c(nnc5C(F)(F)F)C4)nc3)c2)n(OC(=O)C(F)(F)F)c1N1CCNCC1. The second kappa shape index (κ2) is 11.4. The quantitative estimate of drug-likeness (QED) is 0.324. The van der Waals surface area contributed by atoms with Gasteiger partial charge in [-0.1, -0.05) is 0 Å². The van der Waals surface area contributed by atoms with Gasteiger partial charge in [0.25, 0.3) is 0 Å². The summed E-state index contributed by atoms with van der Waals surface area (Å²) in [4.78, 5) is 33.0. The minimum absolute atomic E-state index is 0.000433. The van der Waals surface area contributed by atoms with E-state index in [1.807, 2.05) is 6.07 Å². The van der Waals surface area contributed by atoms with E-state index in [0.29, 0.717) is 37.4 Å². The molecular weight excluding hydrogens is 612 g/mol. The number of rotatable bonds is 5. The van der Waals surface area contributed by atoms with Crippen molar-refractivity contribution in [2.45, 2.75) is 25.4 Å². The number of fused-ring (bicyclic) bond motifs is 1. The van der Waals surface area contributed by atoms with Gasteiger partial charge >= 0.3 is 18.3 Å². The Morgan fingerprint density at radius 3 is 2.33 bits per heavy atom. The normalized spacial score (nSPS) is 15.5. The summed E-state index contributed by atoms with van der Waals surface area (Å²) in [5.41, 5.74) is 1.02. The lowest BCUT2D eigenvalue weighted by molar-refractivity contribution is -0.199. The van der Waals surface area contributed by atoms with E-state index >= 15 is 0 Å². The summed E-state index contributed by atoms with van der Waals surface area (Å²) in [6.45, 7) is 1.86. The Labute approximate surface area is 249 Å². The standard InChI is InChI=1S/C26H21F6N11O2/c27-25(28,29)22-39-38-20-14-41(7-8-42(20)22)24-36-12-17(13-37-24)18-9-15(1-2-35-18)19-10-16(11-33)21(40-5-3-34-4-6-40)43(19)45-23(44)26(30,31)32/h1-2,9-10,12-13,34H,3-8,14H2. The fourth-order valence-electron chi connectivity index (χ4n) is 5.07. The number of carbonyl (C=O) groups is 1. The number of nitrogens with zero attached hydrogens (tertiary/aromatic N) is 10. The second-order valence-corrected chi connectivity index (χ2v) is 10.00. The van der Waals surface area contributed by atoms with Crippen LogP contribution in [0.2, 0.25) is 0 Å². The van der Waals surface area contributed by atoms with Gasteiger partial charge in [0.05, 0.1) is 23.5 Å². The lowest BCUT2D eigenvalue weighted by atomic mass is 10.1. The van der Waals surface area contributed by atoms with Gasteiger partial charge < -0.3 is 24.5 Å². The van der Waals surface area contributed by atoms with Crippen molar-refractivity contribution in [3.8, 4) is 28.6 Å². The molecule has 0 atom stereocenters. The molecule has 0 aromatic carbocycles. The number of carbonyl (C=O) groups excluding carboxylic acids is 1. The number of piperazine rings is 1. The van der Waals surface area contributed by atoms with Crippen LogP contribution in [-0.4, -0.2) is 79.3 Å². The minimum atomic E-state index is -5.29. The van der Waals surface area contributed by atoms with E-state index < -0.39 is 24.1 Å². The van der Waals surface area contributed by atoms with Crippen molar-refractivity contribution in [3.63, 3.8) is 0 Å². The largest absolute Gasteiger partial charge is 0.493 e. The monoisotopic (exact) mass is 633 g/mol. The van der Waals surface area contributed by atoms with Crippen LogP contribution in [0.25, 0.3) is 22.5 Å². The first-order valence-corrected chi connectivity index (χ1v) is 13.4. The zero-order valence-corrected chi connectivity index (χ0v) is 23.0. The van der Waals surface area contributed by atoms with E-state index in [0.717, 1.165) is 9.30 Å². The van der Waals surface area contributed by atoms with E-state index in [9.17, 15) is 36.4 Å². The number of hydrogen-bond donors (Lipinski definition) is 1. The summed E-state index contributed by atoms with van der Waals surface area (Å²) in [5, 5.41) is 19.8. The zero-order chi connectivity index (χ0) is 31.9. The fourth-order valence-corrected chi connectivity index (χ4v) is 5.07. The van der Waals surface area contributed by atoms with E-state index in [1.165, 1.54) is 36.8 Å². The highest BCUT2D eigenvalue weighted by molar-refractivity contribution is 5.79. The number of nitrogens with one attached hydrogen (secondary N) is 1. The van der Waals surface area contributed by atoms with E-state index in [2.05, 4.69) is 30.5 Å². The van der Waals surface area contributed by atoms with Crippen molar-refractivity contribution in [1.82, 2.24) is 39.8 Å². The van der Waals surface area contributed by atoms with Crippen molar-refractivity contribution in [3.05, 3.63) is 54.0 Å². The molecule has 2 aliphatic rings. The van der Waals surface area contributed by atoms with E-state index in [4.69, 9.17) is 4.84 Å². The Hall–Kier alpha value is -5.25. The van der Waals surface area contributed by atoms with Gasteiger partial charge in [0, 0.05) is 69.0 Å².